The molecule has 0 spiro atoms. The fraction of sp³-hybridized carbons (Fsp3) is 0.100. The molecule has 2 aromatic carbocycles. The normalized spacial score (nSPS) is 11.4. The van der Waals surface area contributed by atoms with Crippen LogP contribution in [0.2, 0.25) is 0 Å². The summed E-state index contributed by atoms with van der Waals surface area (Å²) in [5.74, 6) is 0.650. The molecule has 0 atom stereocenters. The molecule has 3 N–H and O–H groups in total. The molecule has 0 radical (unpaired) electrons. The lowest BCUT2D eigenvalue weighted by Crippen LogP contribution is -2.17. The Balaban J connectivity index is 1.46. The molecule has 0 saturated carbocycles. The number of halogens is 3. The number of hydrogen-bond donors (Lipinski definition) is 3. The molecule has 0 bridgehead atoms. The highest BCUT2D eigenvalue weighted by atomic mass is 19.4. The van der Waals surface area contributed by atoms with Crippen molar-refractivity contribution in [2.24, 2.45) is 0 Å². The minimum Gasteiger partial charge on any atom is -0.455 e. The molecular formula is C20H15F3N4O3. The number of aromatic nitrogens is 3. The maximum absolute atomic E-state index is 12.4. The van der Waals surface area contributed by atoms with Crippen LogP contribution in [0.25, 0.3) is 11.2 Å². The summed E-state index contributed by atoms with van der Waals surface area (Å²) >= 11 is 0. The van der Waals surface area contributed by atoms with E-state index in [0.29, 0.717) is 33.9 Å². The van der Waals surface area contributed by atoms with Crippen LogP contribution in [0.3, 0.4) is 0 Å². The topological polar surface area (TPSA) is 92.0 Å². The highest BCUT2D eigenvalue weighted by molar-refractivity contribution is 5.77. The third kappa shape index (κ3) is 4.72. The Labute approximate surface area is 167 Å². The van der Waals surface area contributed by atoms with Gasteiger partial charge >= 0.3 is 12.1 Å². The molecule has 0 aliphatic carbocycles. The molecule has 2 aromatic heterocycles. The van der Waals surface area contributed by atoms with Crippen molar-refractivity contribution < 1.29 is 22.6 Å². The monoisotopic (exact) mass is 416 g/mol. The average Bonchev–Trinajstić information content (AvgIpc) is 3.07. The highest BCUT2D eigenvalue weighted by Crippen LogP contribution is 2.28. The molecule has 2 heterocycles. The Morgan fingerprint density at radius 3 is 2.63 bits per heavy atom. The second kappa shape index (κ2) is 7.82. The number of anilines is 1. The molecule has 0 unspecified atom stereocenters. The van der Waals surface area contributed by atoms with Crippen molar-refractivity contribution in [2.45, 2.75) is 12.9 Å². The number of benzene rings is 2. The summed E-state index contributed by atoms with van der Waals surface area (Å²) < 4.78 is 46.9. The summed E-state index contributed by atoms with van der Waals surface area (Å²) in [5, 5.41) is 3.13. The van der Waals surface area contributed by atoms with Gasteiger partial charge < -0.3 is 19.8 Å². The Hall–Kier alpha value is -3.95. The standard InChI is InChI=1S/C20H15F3N4O3/c21-20(22,23)30-15-6-1-3-12(9-15)11-25-13-4-2-5-14(10-13)29-16-7-8-24-18-17(16)26-19(28)27-18/h1-10,25H,11H2,(H2,24,26,27,28). The maximum Gasteiger partial charge on any atom is 0.573 e. The van der Waals surface area contributed by atoms with Gasteiger partial charge in [0.05, 0.1) is 0 Å². The van der Waals surface area contributed by atoms with Gasteiger partial charge in [-0.15, -0.1) is 13.2 Å². The van der Waals surface area contributed by atoms with Crippen molar-refractivity contribution in [1.82, 2.24) is 15.0 Å². The minimum absolute atomic E-state index is 0.277. The van der Waals surface area contributed by atoms with E-state index in [1.54, 1.807) is 36.4 Å². The smallest absolute Gasteiger partial charge is 0.455 e. The van der Waals surface area contributed by atoms with Crippen LogP contribution in [0.4, 0.5) is 18.9 Å². The summed E-state index contributed by atoms with van der Waals surface area (Å²) in [5.41, 5.74) is 1.75. The zero-order valence-corrected chi connectivity index (χ0v) is 15.3. The highest BCUT2D eigenvalue weighted by Gasteiger charge is 2.31. The van der Waals surface area contributed by atoms with Crippen LogP contribution in [0, 0.1) is 0 Å². The number of pyridine rings is 1. The molecule has 0 saturated heterocycles. The van der Waals surface area contributed by atoms with Crippen molar-refractivity contribution in [3.05, 3.63) is 76.8 Å². The average molecular weight is 416 g/mol. The number of imidazole rings is 1. The van der Waals surface area contributed by atoms with Gasteiger partial charge in [-0.2, -0.15) is 0 Å². The minimum atomic E-state index is -4.74. The van der Waals surface area contributed by atoms with Crippen molar-refractivity contribution in [2.75, 3.05) is 5.32 Å². The second-order valence-electron chi connectivity index (χ2n) is 6.29. The number of rotatable bonds is 6. The van der Waals surface area contributed by atoms with Gasteiger partial charge in [-0.05, 0) is 29.8 Å². The van der Waals surface area contributed by atoms with E-state index >= 15 is 0 Å². The van der Waals surface area contributed by atoms with Gasteiger partial charge in [-0.1, -0.05) is 18.2 Å². The second-order valence-corrected chi connectivity index (χ2v) is 6.29. The van der Waals surface area contributed by atoms with Crippen LogP contribution in [0.15, 0.2) is 65.6 Å². The quantitative estimate of drug-likeness (QED) is 0.429. The van der Waals surface area contributed by atoms with E-state index in [1.165, 1.54) is 24.4 Å². The summed E-state index contributed by atoms with van der Waals surface area (Å²) in [7, 11) is 0. The van der Waals surface area contributed by atoms with E-state index in [4.69, 9.17) is 4.74 Å². The van der Waals surface area contributed by atoms with Crippen LogP contribution in [-0.4, -0.2) is 21.3 Å². The number of aromatic amines is 2. The number of hydrogen-bond acceptors (Lipinski definition) is 5. The summed E-state index contributed by atoms with van der Waals surface area (Å²) in [4.78, 5) is 20.7. The number of fused-ring (bicyclic) bond motifs is 1. The summed E-state index contributed by atoms with van der Waals surface area (Å²) in [6, 6.07) is 14.4. The third-order valence-corrected chi connectivity index (χ3v) is 4.07. The number of H-pyrrole nitrogens is 2. The molecule has 30 heavy (non-hydrogen) atoms. The van der Waals surface area contributed by atoms with Gasteiger partial charge in [-0.25, -0.2) is 9.78 Å². The van der Waals surface area contributed by atoms with E-state index in [9.17, 15) is 18.0 Å². The largest absolute Gasteiger partial charge is 0.573 e. The zero-order chi connectivity index (χ0) is 21.1. The first-order valence-corrected chi connectivity index (χ1v) is 8.79. The molecular weight excluding hydrogens is 401 g/mol. The van der Waals surface area contributed by atoms with Crippen LogP contribution >= 0.6 is 0 Å². The molecule has 0 aliphatic heterocycles. The fourth-order valence-corrected chi connectivity index (χ4v) is 2.85. The van der Waals surface area contributed by atoms with Crippen LogP contribution < -0.4 is 20.5 Å². The van der Waals surface area contributed by atoms with Gasteiger partial charge in [0.2, 0.25) is 0 Å². The van der Waals surface area contributed by atoms with E-state index < -0.39 is 6.36 Å². The van der Waals surface area contributed by atoms with E-state index in [-0.39, 0.29) is 18.0 Å². The SMILES string of the molecule is O=c1[nH]c2nccc(Oc3cccc(NCc4cccc(OC(F)(F)F)c4)c3)c2[nH]1. The Bertz CT molecular complexity index is 1230. The molecule has 0 aliphatic rings. The Kier molecular flexibility index (Phi) is 5.05. The lowest BCUT2D eigenvalue weighted by molar-refractivity contribution is -0.274. The number of nitrogens with zero attached hydrogens (tertiary/aromatic N) is 1. The third-order valence-electron chi connectivity index (χ3n) is 4.07. The van der Waals surface area contributed by atoms with Crippen LogP contribution in [0.1, 0.15) is 5.56 Å². The lowest BCUT2D eigenvalue weighted by atomic mass is 10.2. The van der Waals surface area contributed by atoms with Crippen LogP contribution in [0.5, 0.6) is 17.2 Å². The van der Waals surface area contributed by atoms with Gasteiger partial charge in [0.25, 0.3) is 0 Å². The van der Waals surface area contributed by atoms with E-state index in [2.05, 4.69) is 25.0 Å². The van der Waals surface area contributed by atoms with Gasteiger partial charge in [-0.3, -0.25) is 4.98 Å². The van der Waals surface area contributed by atoms with Gasteiger partial charge in [0.1, 0.15) is 17.0 Å². The first-order valence-electron chi connectivity index (χ1n) is 8.79. The molecule has 10 heteroatoms. The van der Waals surface area contributed by atoms with Crippen LogP contribution in [-0.2, 0) is 6.54 Å². The lowest BCUT2D eigenvalue weighted by Gasteiger charge is -2.12. The maximum atomic E-state index is 12.4. The zero-order valence-electron chi connectivity index (χ0n) is 15.3. The van der Waals surface area contributed by atoms with Gasteiger partial charge in [0.15, 0.2) is 11.4 Å². The van der Waals surface area contributed by atoms with Gasteiger partial charge in [0, 0.05) is 30.6 Å². The summed E-state index contributed by atoms with van der Waals surface area (Å²) in [6.07, 6.45) is -3.22. The number of nitrogens with one attached hydrogen (secondary N) is 3. The van der Waals surface area contributed by atoms with E-state index in [1.807, 2.05) is 0 Å². The van der Waals surface area contributed by atoms with Crippen molar-refractivity contribution in [3.8, 4) is 17.2 Å². The molecule has 154 valence electrons. The van der Waals surface area contributed by atoms with Crippen molar-refractivity contribution in [1.29, 1.82) is 0 Å². The number of ether oxygens (including phenoxy) is 2. The fourth-order valence-electron chi connectivity index (χ4n) is 2.85. The Morgan fingerprint density at radius 1 is 1.00 bits per heavy atom. The molecule has 7 nitrogen and oxygen atoms in total. The molecule has 0 amide bonds. The molecule has 0 fully saturated rings. The first kappa shape index (κ1) is 19.4. The molecule has 4 aromatic rings. The Morgan fingerprint density at radius 2 is 1.80 bits per heavy atom. The number of alkyl halides is 3. The van der Waals surface area contributed by atoms with Crippen molar-refractivity contribution in [3.63, 3.8) is 0 Å². The van der Waals surface area contributed by atoms with Crippen molar-refractivity contribution >= 4 is 16.9 Å². The van der Waals surface area contributed by atoms with E-state index in [0.717, 1.165) is 0 Å². The summed E-state index contributed by atoms with van der Waals surface area (Å²) in [6.45, 7) is 0.281. The predicted octanol–water partition coefficient (Wildman–Crippen LogP) is 4.55. The predicted molar refractivity (Wildman–Crippen MR) is 104 cm³/mol. The first-order chi connectivity index (χ1) is 14.4. The molecule has 4 rings (SSSR count).